The predicted molar refractivity (Wildman–Crippen MR) is 75.0 cm³/mol. The normalized spacial score (nSPS) is 11.5. The molecule has 0 fully saturated rings. The van der Waals surface area contributed by atoms with Crippen molar-refractivity contribution in [3.8, 4) is 0 Å². The number of hydrogen-bond donors (Lipinski definition) is 0. The van der Waals surface area contributed by atoms with Gasteiger partial charge in [-0.3, -0.25) is 9.63 Å². The van der Waals surface area contributed by atoms with Gasteiger partial charge >= 0.3 is 0 Å². The molecule has 4 nitrogen and oxygen atoms in total. The molecule has 106 valence electrons. The van der Waals surface area contributed by atoms with Crippen LogP contribution in [0.2, 0.25) is 0 Å². The highest BCUT2D eigenvalue weighted by atomic mass is 16.7. The zero-order valence-electron chi connectivity index (χ0n) is 12.6. The van der Waals surface area contributed by atoms with Gasteiger partial charge in [-0.05, 0) is 22.6 Å². The molecule has 0 saturated carbocycles. The lowest BCUT2D eigenvalue weighted by atomic mass is 9.83. The number of hydroxylamine groups is 2. The quantitative estimate of drug-likeness (QED) is 0.786. The van der Waals surface area contributed by atoms with Crippen molar-refractivity contribution in [1.82, 2.24) is 5.06 Å². The fourth-order valence-corrected chi connectivity index (χ4v) is 1.93. The first-order chi connectivity index (χ1) is 8.81. The van der Waals surface area contributed by atoms with E-state index in [2.05, 4.69) is 20.8 Å². The highest BCUT2D eigenvalue weighted by molar-refractivity contribution is 5.95. The number of benzene rings is 1. The summed E-state index contributed by atoms with van der Waals surface area (Å²) in [6, 6.07) is 5.86. The molecule has 0 radical (unpaired) electrons. The third-order valence-corrected chi connectivity index (χ3v) is 2.99. The van der Waals surface area contributed by atoms with Gasteiger partial charge in [0.05, 0.1) is 13.7 Å². The van der Waals surface area contributed by atoms with E-state index in [1.807, 2.05) is 18.2 Å². The largest absolute Gasteiger partial charge is 0.380 e. The summed E-state index contributed by atoms with van der Waals surface area (Å²) in [6.45, 7) is 6.74. The van der Waals surface area contributed by atoms with Crippen molar-refractivity contribution < 1.29 is 14.4 Å². The lowest BCUT2D eigenvalue weighted by Crippen LogP contribution is -2.28. The van der Waals surface area contributed by atoms with Gasteiger partial charge in [-0.25, -0.2) is 5.06 Å². The van der Waals surface area contributed by atoms with Crippen LogP contribution < -0.4 is 0 Å². The lowest BCUT2D eigenvalue weighted by molar-refractivity contribution is -0.0758. The fraction of sp³-hybridized carbons (Fsp3) is 0.533. The minimum atomic E-state index is -0.148. The Hall–Kier alpha value is -1.39. The van der Waals surface area contributed by atoms with Crippen LogP contribution in [0.5, 0.6) is 0 Å². The van der Waals surface area contributed by atoms with Gasteiger partial charge in [0.15, 0.2) is 0 Å². The van der Waals surface area contributed by atoms with Crippen LogP contribution in [-0.2, 0) is 21.6 Å². The summed E-state index contributed by atoms with van der Waals surface area (Å²) in [4.78, 5) is 17.3. The summed E-state index contributed by atoms with van der Waals surface area (Å²) in [7, 11) is 4.73. The second-order valence-electron chi connectivity index (χ2n) is 5.55. The first-order valence-corrected chi connectivity index (χ1v) is 6.25. The van der Waals surface area contributed by atoms with Crippen LogP contribution in [0.1, 0.15) is 42.3 Å². The molecule has 1 amide bonds. The summed E-state index contributed by atoms with van der Waals surface area (Å²) < 4.78 is 5.12. The van der Waals surface area contributed by atoms with Crippen LogP contribution >= 0.6 is 0 Å². The van der Waals surface area contributed by atoms with E-state index >= 15 is 0 Å². The lowest BCUT2D eigenvalue weighted by Gasteiger charge is -2.25. The van der Waals surface area contributed by atoms with Crippen molar-refractivity contribution in [1.29, 1.82) is 0 Å². The maximum atomic E-state index is 12.4. The van der Waals surface area contributed by atoms with Gasteiger partial charge in [0, 0.05) is 19.7 Å². The van der Waals surface area contributed by atoms with Crippen molar-refractivity contribution in [2.45, 2.75) is 32.8 Å². The Kier molecular flexibility index (Phi) is 5.09. The summed E-state index contributed by atoms with van der Waals surface area (Å²) in [6.07, 6.45) is 0. The number of rotatable bonds is 4. The molecule has 19 heavy (non-hydrogen) atoms. The van der Waals surface area contributed by atoms with Crippen molar-refractivity contribution in [3.05, 3.63) is 34.9 Å². The van der Waals surface area contributed by atoms with Crippen LogP contribution in [0.25, 0.3) is 0 Å². The Bertz CT molecular complexity index is 449. The number of hydrogen-bond acceptors (Lipinski definition) is 3. The van der Waals surface area contributed by atoms with Crippen LogP contribution in [0.15, 0.2) is 18.2 Å². The second-order valence-corrected chi connectivity index (χ2v) is 5.55. The molecule has 4 heteroatoms. The first kappa shape index (κ1) is 15.7. The topological polar surface area (TPSA) is 38.8 Å². The zero-order valence-corrected chi connectivity index (χ0v) is 12.6. The molecule has 0 aliphatic carbocycles. The molecule has 0 N–H and O–H groups in total. The Morgan fingerprint density at radius 1 is 1.26 bits per heavy atom. The molecule has 1 aromatic carbocycles. The average molecular weight is 265 g/mol. The van der Waals surface area contributed by atoms with Gasteiger partial charge in [0.2, 0.25) is 0 Å². The van der Waals surface area contributed by atoms with E-state index in [1.54, 1.807) is 14.2 Å². The maximum Gasteiger partial charge on any atom is 0.277 e. The van der Waals surface area contributed by atoms with E-state index in [4.69, 9.17) is 9.57 Å². The molecule has 0 atom stereocenters. The Morgan fingerprint density at radius 3 is 2.37 bits per heavy atom. The van der Waals surface area contributed by atoms with E-state index in [1.165, 1.54) is 12.2 Å². The smallest absolute Gasteiger partial charge is 0.277 e. The Morgan fingerprint density at radius 2 is 1.89 bits per heavy atom. The van der Waals surface area contributed by atoms with Crippen LogP contribution in [0.3, 0.4) is 0 Å². The third kappa shape index (κ3) is 3.78. The van der Waals surface area contributed by atoms with E-state index in [0.717, 1.165) is 11.1 Å². The van der Waals surface area contributed by atoms with Crippen LogP contribution in [-0.4, -0.2) is 32.2 Å². The molecule has 0 aliphatic rings. The van der Waals surface area contributed by atoms with Gasteiger partial charge in [0.25, 0.3) is 5.91 Å². The van der Waals surface area contributed by atoms with Gasteiger partial charge in [-0.1, -0.05) is 32.9 Å². The zero-order chi connectivity index (χ0) is 14.6. The van der Waals surface area contributed by atoms with Gasteiger partial charge in [0.1, 0.15) is 0 Å². The van der Waals surface area contributed by atoms with Crippen LogP contribution in [0.4, 0.5) is 0 Å². The van der Waals surface area contributed by atoms with E-state index in [9.17, 15) is 4.79 Å². The number of ether oxygens (including phenoxy) is 1. The number of methoxy groups -OCH3 is 1. The maximum absolute atomic E-state index is 12.4. The fourth-order valence-electron chi connectivity index (χ4n) is 1.93. The van der Waals surface area contributed by atoms with Crippen molar-refractivity contribution in [2.75, 3.05) is 21.3 Å². The standard InChI is InChI=1S/C15H23NO3/c1-15(2,3)13-8-7-11(10-18-5)9-12(13)14(17)16(4)19-6/h7-9H,10H2,1-6H3. The van der Waals surface area contributed by atoms with Gasteiger partial charge in [-0.2, -0.15) is 0 Å². The van der Waals surface area contributed by atoms with E-state index in [-0.39, 0.29) is 11.3 Å². The first-order valence-electron chi connectivity index (χ1n) is 6.25. The minimum absolute atomic E-state index is 0.106. The van der Waals surface area contributed by atoms with Crippen molar-refractivity contribution in [2.24, 2.45) is 0 Å². The molecule has 0 spiro atoms. The molecule has 1 rings (SSSR count). The minimum Gasteiger partial charge on any atom is -0.380 e. The summed E-state index contributed by atoms with van der Waals surface area (Å²) in [5.74, 6) is -0.148. The molecular formula is C15H23NO3. The molecule has 0 bridgehead atoms. The van der Waals surface area contributed by atoms with Crippen molar-refractivity contribution in [3.63, 3.8) is 0 Å². The average Bonchev–Trinajstić information content (AvgIpc) is 2.36. The predicted octanol–water partition coefficient (Wildman–Crippen LogP) is 2.76. The number of amides is 1. The molecule has 0 unspecified atom stereocenters. The summed E-state index contributed by atoms with van der Waals surface area (Å²) in [5, 5.41) is 1.24. The van der Waals surface area contributed by atoms with Crippen LogP contribution in [0, 0.1) is 0 Å². The highest BCUT2D eigenvalue weighted by Crippen LogP contribution is 2.27. The number of carbonyl (C=O) groups is 1. The third-order valence-electron chi connectivity index (χ3n) is 2.99. The summed E-state index contributed by atoms with van der Waals surface area (Å²) in [5.41, 5.74) is 2.53. The monoisotopic (exact) mass is 265 g/mol. The van der Waals surface area contributed by atoms with Gasteiger partial charge < -0.3 is 4.74 Å². The molecule has 0 aliphatic heterocycles. The SMILES string of the molecule is COCc1ccc(C(C)(C)C)c(C(=O)N(C)OC)c1. The van der Waals surface area contributed by atoms with E-state index < -0.39 is 0 Å². The molecular weight excluding hydrogens is 242 g/mol. The van der Waals surface area contributed by atoms with Gasteiger partial charge in [-0.15, -0.1) is 0 Å². The van der Waals surface area contributed by atoms with Crippen molar-refractivity contribution >= 4 is 5.91 Å². The highest BCUT2D eigenvalue weighted by Gasteiger charge is 2.24. The second kappa shape index (κ2) is 6.17. The number of carbonyl (C=O) groups excluding carboxylic acids is 1. The van der Waals surface area contributed by atoms with E-state index in [0.29, 0.717) is 12.2 Å². The Labute approximate surface area is 115 Å². The molecule has 0 aromatic heterocycles. The Balaban J connectivity index is 3.30. The number of nitrogens with zero attached hydrogens (tertiary/aromatic N) is 1. The molecule has 1 aromatic rings. The summed E-state index contributed by atoms with van der Waals surface area (Å²) >= 11 is 0. The molecule has 0 saturated heterocycles. The molecule has 0 heterocycles.